The normalized spacial score (nSPS) is 19.3. The molecule has 0 saturated carbocycles. The number of hydrogen-bond donors (Lipinski definition) is 0. The molecule has 27 heavy (non-hydrogen) atoms. The summed E-state index contributed by atoms with van der Waals surface area (Å²) in [6.45, 7) is 0.665. The van der Waals surface area contributed by atoms with Gasteiger partial charge in [0.1, 0.15) is 0 Å². The molecule has 2 atom stereocenters. The van der Waals surface area contributed by atoms with Crippen molar-refractivity contribution in [3.63, 3.8) is 0 Å². The zero-order chi connectivity index (χ0) is 18.5. The first kappa shape index (κ1) is 17.3. The third-order valence-corrected chi connectivity index (χ3v) is 5.15. The van der Waals surface area contributed by atoms with Gasteiger partial charge in [-0.15, -0.1) is 0 Å². The van der Waals surface area contributed by atoms with E-state index in [1.807, 2.05) is 47.4 Å². The molecule has 0 bridgehead atoms. The van der Waals surface area contributed by atoms with Gasteiger partial charge in [0.05, 0.1) is 12.0 Å². The molecule has 1 saturated heterocycles. The maximum absolute atomic E-state index is 12.9. The van der Waals surface area contributed by atoms with Crippen LogP contribution in [0.3, 0.4) is 0 Å². The Morgan fingerprint density at radius 3 is 2.04 bits per heavy atom. The minimum atomic E-state index is 0.0103. The molecule has 1 fully saturated rings. The van der Waals surface area contributed by atoms with E-state index in [-0.39, 0.29) is 17.9 Å². The molecule has 0 N–H and O–H groups in total. The molecular weight excluding hydrogens is 330 g/mol. The lowest BCUT2D eigenvalue weighted by molar-refractivity contribution is -0.158. The number of allylic oxidation sites excluding steroid dienone is 1. The number of carbonyl (C=O) groups excluding carboxylic acids is 1. The van der Waals surface area contributed by atoms with Crippen LogP contribution in [0.1, 0.15) is 29.2 Å². The van der Waals surface area contributed by atoms with Crippen LogP contribution in [0.15, 0.2) is 97.1 Å². The molecule has 134 valence electrons. The number of nitrogens with zero attached hydrogens (tertiary/aromatic N) is 1. The van der Waals surface area contributed by atoms with Crippen LogP contribution < -0.4 is 0 Å². The highest BCUT2D eigenvalue weighted by Gasteiger charge is 2.46. The van der Waals surface area contributed by atoms with E-state index in [0.717, 1.165) is 6.42 Å². The molecule has 0 aliphatic carbocycles. The molecule has 0 spiro atoms. The molecule has 3 aromatic rings. The monoisotopic (exact) mass is 353 g/mol. The first-order chi connectivity index (χ1) is 13.3. The fraction of sp³-hybridized carbons (Fsp3) is 0.160. The summed E-state index contributed by atoms with van der Waals surface area (Å²) in [5, 5.41) is 0. The predicted octanol–water partition coefficient (Wildman–Crippen LogP) is 5.49. The maximum atomic E-state index is 12.9. The van der Waals surface area contributed by atoms with Crippen molar-refractivity contribution in [2.75, 3.05) is 0 Å². The zero-order valence-corrected chi connectivity index (χ0v) is 15.2. The Labute approximate surface area is 160 Å². The van der Waals surface area contributed by atoms with Crippen molar-refractivity contribution in [1.29, 1.82) is 0 Å². The summed E-state index contributed by atoms with van der Waals surface area (Å²) in [6.07, 6.45) is 5.00. The van der Waals surface area contributed by atoms with Gasteiger partial charge < -0.3 is 4.90 Å². The topological polar surface area (TPSA) is 20.3 Å². The van der Waals surface area contributed by atoms with Crippen LogP contribution >= 0.6 is 0 Å². The molecule has 1 aliphatic rings. The smallest absolute Gasteiger partial charge is 0.229 e. The molecule has 2 heteroatoms. The molecule has 1 amide bonds. The van der Waals surface area contributed by atoms with Crippen LogP contribution in [0.2, 0.25) is 0 Å². The fourth-order valence-corrected chi connectivity index (χ4v) is 3.78. The summed E-state index contributed by atoms with van der Waals surface area (Å²) in [7, 11) is 0. The Morgan fingerprint density at radius 2 is 1.37 bits per heavy atom. The lowest BCUT2D eigenvalue weighted by atomic mass is 9.79. The van der Waals surface area contributed by atoms with Crippen LogP contribution in [0.25, 0.3) is 6.08 Å². The van der Waals surface area contributed by atoms with E-state index in [1.165, 1.54) is 16.7 Å². The standard InChI is InChI=1S/C25H23NO/c27-25-23(18-10-15-20-11-4-1-5-12-20)24(22-16-8-3-9-17-22)26(25)19-21-13-6-2-7-14-21/h1-17,23-24H,18-19H2/b15-10+. The summed E-state index contributed by atoms with van der Waals surface area (Å²) in [4.78, 5) is 14.9. The zero-order valence-electron chi connectivity index (χ0n) is 15.2. The summed E-state index contributed by atoms with van der Waals surface area (Å²) < 4.78 is 0. The minimum absolute atomic E-state index is 0.0103. The third-order valence-electron chi connectivity index (χ3n) is 5.15. The van der Waals surface area contributed by atoms with Crippen molar-refractivity contribution < 1.29 is 4.79 Å². The molecule has 2 unspecified atom stereocenters. The molecule has 2 nitrogen and oxygen atoms in total. The maximum Gasteiger partial charge on any atom is 0.229 e. The van der Waals surface area contributed by atoms with E-state index >= 15 is 0 Å². The van der Waals surface area contributed by atoms with Crippen molar-refractivity contribution in [2.45, 2.75) is 19.0 Å². The van der Waals surface area contributed by atoms with Gasteiger partial charge in [-0.2, -0.15) is 0 Å². The Balaban J connectivity index is 1.52. The number of carbonyl (C=O) groups is 1. The SMILES string of the molecule is O=C1C(C/C=C/c2ccccc2)C(c2ccccc2)N1Cc1ccccc1. The molecule has 0 aromatic heterocycles. The van der Waals surface area contributed by atoms with Gasteiger partial charge in [0.25, 0.3) is 0 Å². The first-order valence-corrected chi connectivity index (χ1v) is 9.44. The van der Waals surface area contributed by atoms with Gasteiger partial charge >= 0.3 is 0 Å². The number of amides is 1. The van der Waals surface area contributed by atoms with Crippen LogP contribution in [-0.2, 0) is 11.3 Å². The first-order valence-electron chi connectivity index (χ1n) is 9.44. The fourth-order valence-electron chi connectivity index (χ4n) is 3.78. The van der Waals surface area contributed by atoms with Crippen LogP contribution in [0, 0.1) is 5.92 Å². The van der Waals surface area contributed by atoms with Crippen LogP contribution in [0.5, 0.6) is 0 Å². The second-order valence-corrected chi connectivity index (χ2v) is 6.96. The molecule has 4 rings (SSSR count). The molecule has 1 aliphatic heterocycles. The van der Waals surface area contributed by atoms with Gasteiger partial charge in [-0.25, -0.2) is 0 Å². The summed E-state index contributed by atoms with van der Waals surface area (Å²) >= 11 is 0. The van der Waals surface area contributed by atoms with Crippen molar-refractivity contribution in [2.24, 2.45) is 5.92 Å². The van der Waals surface area contributed by atoms with Crippen LogP contribution in [0.4, 0.5) is 0 Å². The Kier molecular flexibility index (Phi) is 5.15. The molecule has 3 aromatic carbocycles. The van der Waals surface area contributed by atoms with Gasteiger partial charge in [0.15, 0.2) is 0 Å². The lowest BCUT2D eigenvalue weighted by Crippen LogP contribution is -2.54. The van der Waals surface area contributed by atoms with Crippen molar-refractivity contribution in [3.8, 4) is 0 Å². The highest BCUT2D eigenvalue weighted by Crippen LogP contribution is 2.43. The van der Waals surface area contributed by atoms with E-state index < -0.39 is 0 Å². The Bertz CT molecular complexity index is 903. The Morgan fingerprint density at radius 1 is 0.778 bits per heavy atom. The summed E-state index contributed by atoms with van der Waals surface area (Å²) in [5.41, 5.74) is 3.55. The van der Waals surface area contributed by atoms with E-state index in [1.54, 1.807) is 0 Å². The lowest BCUT2D eigenvalue weighted by Gasteiger charge is -2.47. The second kappa shape index (κ2) is 8.05. The largest absolute Gasteiger partial charge is 0.330 e. The van der Waals surface area contributed by atoms with Crippen molar-refractivity contribution >= 4 is 12.0 Å². The molecule has 0 radical (unpaired) electrons. The average Bonchev–Trinajstić information content (AvgIpc) is 2.74. The third kappa shape index (κ3) is 3.85. The molecule has 1 heterocycles. The Hall–Kier alpha value is -3.13. The van der Waals surface area contributed by atoms with Crippen LogP contribution in [-0.4, -0.2) is 10.8 Å². The number of rotatable bonds is 6. The molecular formula is C25H23NO. The summed E-state index contributed by atoms with van der Waals surface area (Å²) in [5.74, 6) is 0.251. The van der Waals surface area contributed by atoms with E-state index in [0.29, 0.717) is 6.54 Å². The van der Waals surface area contributed by atoms with Crippen molar-refractivity contribution in [3.05, 3.63) is 114 Å². The number of likely N-dealkylation sites (tertiary alicyclic amines) is 1. The van der Waals surface area contributed by atoms with Gasteiger partial charge in [0.2, 0.25) is 5.91 Å². The summed E-state index contributed by atoms with van der Waals surface area (Å²) in [6, 6.07) is 31.0. The van der Waals surface area contributed by atoms with Gasteiger partial charge in [-0.05, 0) is 23.1 Å². The van der Waals surface area contributed by atoms with E-state index in [2.05, 4.69) is 60.7 Å². The van der Waals surface area contributed by atoms with Crippen molar-refractivity contribution in [1.82, 2.24) is 4.90 Å². The van der Waals surface area contributed by atoms with Gasteiger partial charge in [0, 0.05) is 6.54 Å². The van der Waals surface area contributed by atoms with Gasteiger partial charge in [-0.3, -0.25) is 4.79 Å². The van der Waals surface area contributed by atoms with E-state index in [9.17, 15) is 4.79 Å². The minimum Gasteiger partial charge on any atom is -0.330 e. The number of β-lactam (4-membered cyclic amide) rings is 1. The quantitative estimate of drug-likeness (QED) is 0.537. The highest BCUT2D eigenvalue weighted by molar-refractivity contribution is 5.86. The average molecular weight is 353 g/mol. The van der Waals surface area contributed by atoms with E-state index in [4.69, 9.17) is 0 Å². The highest BCUT2D eigenvalue weighted by atomic mass is 16.2. The number of benzene rings is 3. The van der Waals surface area contributed by atoms with Gasteiger partial charge in [-0.1, -0.05) is 103 Å². The second-order valence-electron chi connectivity index (χ2n) is 6.96. The number of hydrogen-bond acceptors (Lipinski definition) is 1. The predicted molar refractivity (Wildman–Crippen MR) is 110 cm³/mol.